The first-order valence-electron chi connectivity index (χ1n) is 8.75. The number of hydrogen-bond acceptors (Lipinski definition) is 5. The van der Waals surface area contributed by atoms with Gasteiger partial charge in [-0.2, -0.15) is 0 Å². The van der Waals surface area contributed by atoms with Gasteiger partial charge in [-0.1, -0.05) is 6.92 Å². The molecule has 5 heteroatoms. The molecule has 0 aromatic rings. The van der Waals surface area contributed by atoms with E-state index in [1.807, 2.05) is 0 Å². The second-order valence-corrected chi connectivity index (χ2v) is 7.21. The van der Waals surface area contributed by atoms with Gasteiger partial charge in [0.2, 0.25) is 0 Å². The van der Waals surface area contributed by atoms with Gasteiger partial charge < -0.3 is 4.79 Å². The van der Waals surface area contributed by atoms with Gasteiger partial charge in [0, 0.05) is 50.4 Å². The number of rotatable bonds is 10. The van der Waals surface area contributed by atoms with Crippen LogP contribution >= 0.6 is 0 Å². The zero-order valence-corrected chi connectivity index (χ0v) is 14.9. The largest absolute Gasteiger partial charge is 0.300 e. The Morgan fingerprint density at radius 2 is 1.71 bits per heavy atom. The second-order valence-electron chi connectivity index (χ2n) is 7.21. The fourth-order valence-electron chi connectivity index (χ4n) is 3.24. The summed E-state index contributed by atoms with van der Waals surface area (Å²) in [4.78, 5) is 58.0. The molecule has 1 aliphatic carbocycles. The van der Waals surface area contributed by atoms with Crippen LogP contribution in [-0.4, -0.2) is 28.9 Å². The molecule has 0 spiro atoms. The fourth-order valence-corrected chi connectivity index (χ4v) is 3.24. The van der Waals surface area contributed by atoms with Crippen LogP contribution in [0.2, 0.25) is 0 Å². The topological polar surface area (TPSA) is 85.3 Å². The van der Waals surface area contributed by atoms with E-state index in [0.717, 1.165) is 0 Å². The molecule has 3 unspecified atom stereocenters. The molecule has 1 aliphatic rings. The summed E-state index contributed by atoms with van der Waals surface area (Å²) >= 11 is 0. The molecule has 1 fully saturated rings. The third-order valence-corrected chi connectivity index (χ3v) is 4.82. The molecule has 1 rings (SSSR count). The molecular formula is C19H28O5. The average molecular weight is 336 g/mol. The quantitative estimate of drug-likeness (QED) is 0.612. The van der Waals surface area contributed by atoms with E-state index in [9.17, 15) is 24.0 Å². The molecule has 0 bridgehead atoms. The molecule has 0 N–H and O–H groups in total. The van der Waals surface area contributed by atoms with Gasteiger partial charge in [-0.05, 0) is 32.6 Å². The molecule has 1 saturated carbocycles. The Balaban J connectivity index is 2.38. The predicted molar refractivity (Wildman–Crippen MR) is 89.5 cm³/mol. The molecule has 0 aromatic heterocycles. The summed E-state index contributed by atoms with van der Waals surface area (Å²) in [6, 6.07) is 0. The van der Waals surface area contributed by atoms with Crippen molar-refractivity contribution in [3.8, 4) is 0 Å². The molecule has 24 heavy (non-hydrogen) atoms. The zero-order chi connectivity index (χ0) is 18.3. The number of carbonyl (C=O) groups is 5. The van der Waals surface area contributed by atoms with E-state index in [2.05, 4.69) is 0 Å². The van der Waals surface area contributed by atoms with Gasteiger partial charge in [0.15, 0.2) is 0 Å². The van der Waals surface area contributed by atoms with Crippen LogP contribution in [0.1, 0.15) is 72.1 Å². The lowest BCUT2D eigenvalue weighted by atomic mass is 9.76. The molecule has 0 saturated heterocycles. The monoisotopic (exact) mass is 336 g/mol. The Morgan fingerprint density at radius 1 is 1.04 bits per heavy atom. The van der Waals surface area contributed by atoms with Crippen molar-refractivity contribution in [3.05, 3.63) is 0 Å². The van der Waals surface area contributed by atoms with Crippen molar-refractivity contribution in [2.75, 3.05) is 0 Å². The van der Waals surface area contributed by atoms with E-state index in [1.165, 1.54) is 13.8 Å². The van der Waals surface area contributed by atoms with Crippen molar-refractivity contribution in [3.63, 3.8) is 0 Å². The second kappa shape index (κ2) is 9.60. The van der Waals surface area contributed by atoms with E-state index < -0.39 is 0 Å². The first-order valence-corrected chi connectivity index (χ1v) is 8.75. The molecule has 0 heterocycles. The van der Waals surface area contributed by atoms with Crippen molar-refractivity contribution >= 4 is 28.9 Å². The number of carbonyl (C=O) groups excluding carboxylic acids is 5. The zero-order valence-electron chi connectivity index (χ0n) is 14.9. The highest BCUT2D eigenvalue weighted by molar-refractivity contribution is 5.90. The molecule has 3 atom stereocenters. The summed E-state index contributed by atoms with van der Waals surface area (Å²) in [7, 11) is 0. The summed E-state index contributed by atoms with van der Waals surface area (Å²) in [6.07, 6.45) is 3.00. The third kappa shape index (κ3) is 7.28. The minimum atomic E-state index is -0.354. The van der Waals surface area contributed by atoms with Crippen LogP contribution in [0.5, 0.6) is 0 Å². The molecule has 0 aliphatic heterocycles. The van der Waals surface area contributed by atoms with Gasteiger partial charge >= 0.3 is 0 Å². The highest BCUT2D eigenvalue weighted by Gasteiger charge is 2.30. The Hall–Kier alpha value is -1.65. The minimum absolute atomic E-state index is 0.0172. The smallest absolute Gasteiger partial charge is 0.136 e. The summed E-state index contributed by atoms with van der Waals surface area (Å²) in [6.45, 7) is 4.69. The summed E-state index contributed by atoms with van der Waals surface area (Å²) in [5.41, 5.74) is 0. The SMILES string of the molecule is CC(=O)CCC(=O)CC(C)C(=O)CCC1CC(=O)CC(C(C)=O)C1. The summed E-state index contributed by atoms with van der Waals surface area (Å²) < 4.78 is 0. The summed E-state index contributed by atoms with van der Waals surface area (Å²) in [5, 5.41) is 0. The van der Waals surface area contributed by atoms with Crippen molar-refractivity contribution in [1.29, 1.82) is 0 Å². The van der Waals surface area contributed by atoms with Crippen molar-refractivity contribution in [2.45, 2.75) is 72.1 Å². The molecule has 134 valence electrons. The molecular weight excluding hydrogens is 308 g/mol. The first-order chi connectivity index (χ1) is 11.2. The number of Topliss-reactive ketones (excluding diaryl/α,β-unsaturated/α-hetero) is 5. The van der Waals surface area contributed by atoms with Crippen LogP contribution in [-0.2, 0) is 24.0 Å². The highest BCUT2D eigenvalue weighted by atomic mass is 16.1. The van der Waals surface area contributed by atoms with Crippen LogP contribution in [0.15, 0.2) is 0 Å². The Labute approximate surface area is 143 Å². The van der Waals surface area contributed by atoms with Crippen LogP contribution in [0.4, 0.5) is 0 Å². The lowest BCUT2D eigenvalue weighted by Crippen LogP contribution is -2.27. The van der Waals surface area contributed by atoms with Crippen molar-refractivity contribution in [2.24, 2.45) is 17.8 Å². The lowest BCUT2D eigenvalue weighted by molar-refractivity contribution is -0.131. The van der Waals surface area contributed by atoms with E-state index in [0.29, 0.717) is 32.1 Å². The normalized spacial score (nSPS) is 22.0. The molecule has 0 radical (unpaired) electrons. The van der Waals surface area contributed by atoms with E-state index in [1.54, 1.807) is 6.92 Å². The van der Waals surface area contributed by atoms with Crippen LogP contribution in [0, 0.1) is 17.8 Å². The van der Waals surface area contributed by atoms with E-state index >= 15 is 0 Å². The lowest BCUT2D eigenvalue weighted by Gasteiger charge is -2.26. The maximum absolute atomic E-state index is 12.2. The van der Waals surface area contributed by atoms with Gasteiger partial charge in [0.05, 0.1) is 0 Å². The van der Waals surface area contributed by atoms with Gasteiger partial charge in [-0.15, -0.1) is 0 Å². The van der Waals surface area contributed by atoms with E-state index in [-0.39, 0.29) is 65.9 Å². The molecule has 5 nitrogen and oxygen atoms in total. The fraction of sp³-hybridized carbons (Fsp3) is 0.737. The predicted octanol–water partition coefficient (Wildman–Crippen LogP) is 2.87. The maximum Gasteiger partial charge on any atom is 0.136 e. The van der Waals surface area contributed by atoms with Gasteiger partial charge in [0.1, 0.15) is 28.9 Å². The molecule has 0 amide bonds. The summed E-state index contributed by atoms with van der Waals surface area (Å²) in [5.74, 6) is -0.382. The van der Waals surface area contributed by atoms with Crippen molar-refractivity contribution in [1.82, 2.24) is 0 Å². The van der Waals surface area contributed by atoms with Crippen LogP contribution in [0.3, 0.4) is 0 Å². The third-order valence-electron chi connectivity index (χ3n) is 4.82. The Bertz CT molecular complexity index is 520. The number of hydrogen-bond donors (Lipinski definition) is 0. The van der Waals surface area contributed by atoms with Gasteiger partial charge in [-0.25, -0.2) is 0 Å². The number of ketones is 5. The minimum Gasteiger partial charge on any atom is -0.300 e. The van der Waals surface area contributed by atoms with E-state index in [4.69, 9.17) is 0 Å². The van der Waals surface area contributed by atoms with Crippen molar-refractivity contribution < 1.29 is 24.0 Å². The average Bonchev–Trinajstić information content (AvgIpc) is 2.49. The van der Waals surface area contributed by atoms with Crippen LogP contribution < -0.4 is 0 Å². The molecule has 0 aromatic carbocycles. The van der Waals surface area contributed by atoms with Crippen LogP contribution in [0.25, 0.3) is 0 Å². The van der Waals surface area contributed by atoms with Gasteiger partial charge in [-0.3, -0.25) is 19.2 Å². The highest BCUT2D eigenvalue weighted by Crippen LogP contribution is 2.31. The van der Waals surface area contributed by atoms with Gasteiger partial charge in [0.25, 0.3) is 0 Å². The first kappa shape index (κ1) is 20.4. The Morgan fingerprint density at radius 3 is 2.29 bits per heavy atom. The Kier molecular flexibility index (Phi) is 8.16. The standard InChI is InChI=1S/C19H28O5/c1-12(8-17(22)6-4-13(2)20)19(24)7-5-15-9-16(14(3)21)11-18(23)10-15/h12,15-16H,4-11H2,1-3H3. The maximum atomic E-state index is 12.2.